The summed E-state index contributed by atoms with van der Waals surface area (Å²) in [6.45, 7) is 4.42. The number of carbonyl (C=O) groups is 3. The van der Waals surface area contributed by atoms with Crippen LogP contribution in [0.5, 0.6) is 0 Å². The van der Waals surface area contributed by atoms with Crippen LogP contribution in [0.25, 0.3) is 0 Å². The third-order valence-electron chi connectivity index (χ3n) is 1.93. The molecule has 0 radical (unpaired) electrons. The number of carboxylic acid groups (broad SMARTS) is 1. The Morgan fingerprint density at radius 2 is 1.44 bits per heavy atom. The van der Waals surface area contributed by atoms with Gasteiger partial charge in [0.15, 0.2) is 6.04 Å². The lowest BCUT2D eigenvalue weighted by Crippen LogP contribution is -2.67. The van der Waals surface area contributed by atoms with E-state index in [1.165, 1.54) is 13.8 Å². The molecule has 0 aliphatic carbocycles. The molecule has 0 bridgehead atoms. The summed E-state index contributed by atoms with van der Waals surface area (Å²) in [5, 5.41) is 13.2. The van der Waals surface area contributed by atoms with Crippen LogP contribution in [-0.4, -0.2) is 41.0 Å². The Morgan fingerprint density at radius 1 is 1.00 bits per heavy atom. The van der Waals surface area contributed by atoms with E-state index in [-0.39, 0.29) is 5.91 Å². The highest BCUT2D eigenvalue weighted by molar-refractivity contribution is 5.90. The van der Waals surface area contributed by atoms with Crippen LogP contribution in [-0.2, 0) is 14.4 Å². The number of carboxylic acids is 1. The molecule has 0 aromatic carbocycles. The lowest BCUT2D eigenvalue weighted by Gasteiger charge is -2.16. The van der Waals surface area contributed by atoms with Crippen LogP contribution < -0.4 is 16.4 Å². The van der Waals surface area contributed by atoms with Crippen molar-refractivity contribution in [1.82, 2.24) is 10.6 Å². The fourth-order valence-corrected chi connectivity index (χ4v) is 0.821. The van der Waals surface area contributed by atoms with Crippen molar-refractivity contribution in [3.8, 4) is 0 Å². The average molecular weight is 232 g/mol. The smallest absolute Gasteiger partial charge is 0.325 e. The van der Waals surface area contributed by atoms with Crippen molar-refractivity contribution in [3.63, 3.8) is 0 Å². The van der Waals surface area contributed by atoms with Gasteiger partial charge in [0.05, 0.1) is 0 Å². The van der Waals surface area contributed by atoms with Gasteiger partial charge in [-0.05, 0) is 20.8 Å². The zero-order valence-electron chi connectivity index (χ0n) is 9.61. The molecule has 6 N–H and O–H groups in total. The van der Waals surface area contributed by atoms with Crippen LogP contribution in [0.3, 0.4) is 0 Å². The Hall–Kier alpha value is -1.63. The molecular weight excluding hydrogens is 214 g/mol. The molecule has 0 aliphatic heterocycles. The van der Waals surface area contributed by atoms with Gasteiger partial charge in [0.25, 0.3) is 5.91 Å². The first-order valence-corrected chi connectivity index (χ1v) is 4.92. The number of aliphatic carboxylic acids is 1. The average Bonchev–Trinajstić information content (AvgIpc) is 2.16. The van der Waals surface area contributed by atoms with Gasteiger partial charge in [0.1, 0.15) is 12.1 Å². The second-order valence-corrected chi connectivity index (χ2v) is 3.70. The van der Waals surface area contributed by atoms with Gasteiger partial charge in [-0.25, -0.2) is 0 Å². The molecule has 0 spiro atoms. The zero-order valence-corrected chi connectivity index (χ0v) is 9.61. The molecule has 7 nitrogen and oxygen atoms in total. The number of hydrogen-bond acceptors (Lipinski definition) is 3. The fourth-order valence-electron chi connectivity index (χ4n) is 0.821. The quantitative estimate of drug-likeness (QED) is 0.426. The van der Waals surface area contributed by atoms with Crippen molar-refractivity contribution in [1.29, 1.82) is 0 Å². The first kappa shape index (κ1) is 14.4. The van der Waals surface area contributed by atoms with Crippen LogP contribution in [0, 0.1) is 0 Å². The maximum absolute atomic E-state index is 11.4. The number of rotatable bonds is 5. The van der Waals surface area contributed by atoms with Crippen LogP contribution in [0.2, 0.25) is 0 Å². The van der Waals surface area contributed by atoms with E-state index in [4.69, 9.17) is 5.11 Å². The van der Waals surface area contributed by atoms with Crippen LogP contribution in [0.4, 0.5) is 0 Å². The normalized spacial score (nSPS) is 15.8. The van der Waals surface area contributed by atoms with E-state index in [9.17, 15) is 14.4 Å². The number of hydrogen-bond donors (Lipinski definition) is 4. The number of carbonyl (C=O) groups excluding carboxylic acids is 2. The maximum Gasteiger partial charge on any atom is 0.325 e. The van der Waals surface area contributed by atoms with E-state index >= 15 is 0 Å². The van der Waals surface area contributed by atoms with E-state index in [0.717, 1.165) is 0 Å². The SMILES string of the molecule is C[C@H]([NH3+])C(=O)N[C@@H](C)C(=O)N[C@@H](C)C(=O)O. The van der Waals surface area contributed by atoms with Gasteiger partial charge in [0.2, 0.25) is 5.91 Å². The molecule has 0 unspecified atom stereocenters. The van der Waals surface area contributed by atoms with Gasteiger partial charge in [-0.1, -0.05) is 0 Å². The largest absolute Gasteiger partial charge is 0.480 e. The highest BCUT2D eigenvalue weighted by atomic mass is 16.4. The summed E-state index contributed by atoms with van der Waals surface area (Å²) in [5.41, 5.74) is 3.50. The Labute approximate surface area is 93.4 Å². The predicted octanol–water partition coefficient (Wildman–Crippen LogP) is -2.29. The monoisotopic (exact) mass is 232 g/mol. The second-order valence-electron chi connectivity index (χ2n) is 3.70. The van der Waals surface area contributed by atoms with Crippen molar-refractivity contribution in [2.45, 2.75) is 38.9 Å². The summed E-state index contributed by atoms with van der Waals surface area (Å²) < 4.78 is 0. The van der Waals surface area contributed by atoms with E-state index < -0.39 is 30.0 Å². The molecular formula is C9H18N3O4+. The molecule has 0 rings (SSSR count). The van der Waals surface area contributed by atoms with Crippen LogP contribution in [0.1, 0.15) is 20.8 Å². The highest BCUT2D eigenvalue weighted by Crippen LogP contribution is 1.87. The van der Waals surface area contributed by atoms with Gasteiger partial charge in [-0.2, -0.15) is 0 Å². The second kappa shape index (κ2) is 6.06. The first-order valence-electron chi connectivity index (χ1n) is 4.92. The van der Waals surface area contributed by atoms with Gasteiger partial charge >= 0.3 is 5.97 Å². The Bertz CT molecular complexity index is 290. The Kier molecular flexibility index (Phi) is 5.44. The molecule has 0 heterocycles. The molecule has 0 aromatic rings. The minimum absolute atomic E-state index is 0.356. The van der Waals surface area contributed by atoms with Crippen molar-refractivity contribution < 1.29 is 25.2 Å². The van der Waals surface area contributed by atoms with Gasteiger partial charge in [-0.3, -0.25) is 14.4 Å². The summed E-state index contributed by atoms with van der Waals surface area (Å²) in [7, 11) is 0. The molecule has 0 fully saturated rings. The first-order chi connectivity index (χ1) is 7.25. The molecule has 2 amide bonds. The minimum atomic E-state index is -1.13. The number of amides is 2. The molecule has 7 heteroatoms. The predicted molar refractivity (Wildman–Crippen MR) is 55.2 cm³/mol. The lowest BCUT2D eigenvalue weighted by molar-refractivity contribution is -0.398. The molecule has 0 aromatic heterocycles. The topological polar surface area (TPSA) is 123 Å². The third kappa shape index (κ3) is 4.74. The standard InChI is InChI=1S/C9H17N3O4/c1-4(10)7(13)11-5(2)8(14)12-6(3)9(15)16/h4-6H,10H2,1-3H3,(H,11,13)(H,12,14)(H,15,16)/p+1/t4-,5-,6-/m0/s1. The lowest BCUT2D eigenvalue weighted by atomic mass is 10.2. The highest BCUT2D eigenvalue weighted by Gasteiger charge is 2.22. The summed E-state index contributed by atoms with van der Waals surface area (Å²) >= 11 is 0. The molecule has 0 saturated heterocycles. The van der Waals surface area contributed by atoms with E-state index in [0.29, 0.717) is 0 Å². The van der Waals surface area contributed by atoms with E-state index in [1.807, 2.05) is 0 Å². The van der Waals surface area contributed by atoms with E-state index in [1.54, 1.807) is 6.92 Å². The molecule has 3 atom stereocenters. The summed E-state index contributed by atoms with van der Waals surface area (Å²) in [6, 6.07) is -2.23. The van der Waals surface area contributed by atoms with Crippen molar-refractivity contribution in [2.75, 3.05) is 0 Å². The molecule has 0 saturated carbocycles. The van der Waals surface area contributed by atoms with Gasteiger partial charge in [-0.15, -0.1) is 0 Å². The Morgan fingerprint density at radius 3 is 1.81 bits per heavy atom. The van der Waals surface area contributed by atoms with Gasteiger partial charge < -0.3 is 21.5 Å². The van der Waals surface area contributed by atoms with E-state index in [2.05, 4.69) is 16.4 Å². The van der Waals surface area contributed by atoms with Crippen molar-refractivity contribution in [2.24, 2.45) is 0 Å². The molecule has 92 valence electrons. The summed E-state index contributed by atoms with van der Waals surface area (Å²) in [6.07, 6.45) is 0. The number of nitrogens with one attached hydrogen (secondary N) is 2. The van der Waals surface area contributed by atoms with Crippen molar-refractivity contribution in [3.05, 3.63) is 0 Å². The van der Waals surface area contributed by atoms with Crippen LogP contribution in [0.15, 0.2) is 0 Å². The maximum atomic E-state index is 11.4. The number of quaternary nitrogens is 1. The third-order valence-corrected chi connectivity index (χ3v) is 1.93. The van der Waals surface area contributed by atoms with Crippen molar-refractivity contribution >= 4 is 17.8 Å². The molecule has 16 heavy (non-hydrogen) atoms. The Balaban J connectivity index is 4.19. The van der Waals surface area contributed by atoms with Gasteiger partial charge in [0, 0.05) is 0 Å². The zero-order chi connectivity index (χ0) is 12.9. The van der Waals surface area contributed by atoms with Crippen LogP contribution >= 0.6 is 0 Å². The fraction of sp³-hybridized carbons (Fsp3) is 0.667. The minimum Gasteiger partial charge on any atom is -0.480 e. The molecule has 0 aliphatic rings. The summed E-state index contributed by atoms with van der Waals surface area (Å²) in [5.74, 6) is -2.02. The summed E-state index contributed by atoms with van der Waals surface area (Å²) in [4.78, 5) is 33.1.